The van der Waals surface area contributed by atoms with E-state index in [9.17, 15) is 9.59 Å². The average Bonchev–Trinajstić information content (AvgIpc) is 3.96. The Morgan fingerprint density at radius 2 is 0.921 bits per heavy atom. The van der Waals surface area contributed by atoms with Crippen LogP contribution in [-0.4, -0.2) is 41.6 Å². The van der Waals surface area contributed by atoms with Gasteiger partial charge in [0.1, 0.15) is 36.1 Å². The first-order chi connectivity index (χ1) is 30.8. The number of carbonyl (C=O) groups is 2. The summed E-state index contributed by atoms with van der Waals surface area (Å²) in [5.41, 5.74) is 10.5. The van der Waals surface area contributed by atoms with Gasteiger partial charge in [0.05, 0.1) is 25.5 Å². The minimum absolute atomic E-state index is 0.110. The zero-order valence-corrected chi connectivity index (χ0v) is 35.2. The van der Waals surface area contributed by atoms with Crippen molar-refractivity contribution in [3.63, 3.8) is 0 Å². The fourth-order valence-corrected chi connectivity index (χ4v) is 6.94. The number of allylic oxidation sites excluding steroid dienone is 2. The second kappa shape index (κ2) is 20.1. The predicted octanol–water partition coefficient (Wildman–Crippen LogP) is 10.1. The molecule has 8 aromatic rings. The highest BCUT2D eigenvalue weighted by Crippen LogP contribution is 2.28. The SMILES string of the molecule is Cc1ccc(C(=O)/C=C/c2cc(Cc3ccc(OCc4cn(Cc5ccccc5)nn4)c(/C=C/C(=O)c4ccc(C)cc4)c3)ccc2OCc2cn(Cc3ccccc3)nn2)cc1. The smallest absolute Gasteiger partial charge is 0.185 e. The van der Waals surface area contributed by atoms with Crippen LogP contribution in [-0.2, 0) is 32.7 Å². The van der Waals surface area contributed by atoms with Crippen molar-refractivity contribution in [2.45, 2.75) is 46.6 Å². The highest BCUT2D eigenvalue weighted by Gasteiger charge is 2.12. The molecule has 2 aromatic heterocycles. The summed E-state index contributed by atoms with van der Waals surface area (Å²) in [7, 11) is 0. The van der Waals surface area contributed by atoms with E-state index in [1.54, 1.807) is 33.7 Å². The first kappa shape index (κ1) is 41.7. The Kier molecular flexibility index (Phi) is 13.3. The third kappa shape index (κ3) is 11.6. The van der Waals surface area contributed by atoms with Gasteiger partial charge in [-0.05, 0) is 91.1 Å². The first-order valence-corrected chi connectivity index (χ1v) is 20.8. The summed E-state index contributed by atoms with van der Waals surface area (Å²) in [6.45, 7) is 5.58. The van der Waals surface area contributed by atoms with Crippen LogP contribution in [0.25, 0.3) is 12.2 Å². The summed E-state index contributed by atoms with van der Waals surface area (Å²) in [5, 5.41) is 17.2. The number of hydrogen-bond acceptors (Lipinski definition) is 8. The molecule has 0 unspecified atom stereocenters. The molecule has 0 atom stereocenters. The Balaban J connectivity index is 1.03. The maximum Gasteiger partial charge on any atom is 0.185 e. The van der Waals surface area contributed by atoms with E-state index < -0.39 is 0 Å². The third-order valence-corrected chi connectivity index (χ3v) is 10.4. The van der Waals surface area contributed by atoms with E-state index in [1.165, 1.54) is 0 Å². The number of rotatable bonds is 18. The molecule has 8 rings (SSSR count). The molecule has 0 saturated carbocycles. The second-order valence-electron chi connectivity index (χ2n) is 15.4. The summed E-state index contributed by atoms with van der Waals surface area (Å²) in [5.74, 6) is 0.987. The standard InChI is InChI=1S/C53H46N6O4/c1-38-13-19-44(20-14-38)50(60)25-23-46-30-42(17-27-52(46)62-36-48-34-58(56-54-48)32-40-9-5-3-6-10-40)29-43-18-28-53(47(31-43)24-26-51(61)45-21-15-39(2)16-22-45)63-37-49-35-59(57-55-49)33-41-11-7-4-8-12-41/h3-28,30-31,34-35H,29,32-33,36-37H2,1-2H3/b25-23+,26-24+. The summed E-state index contributed by atoms with van der Waals surface area (Å²) in [4.78, 5) is 26.5. The Morgan fingerprint density at radius 1 is 0.508 bits per heavy atom. The Hall–Kier alpha value is -7.98. The molecule has 0 amide bonds. The maximum atomic E-state index is 13.3. The minimum atomic E-state index is -0.110. The van der Waals surface area contributed by atoms with Crippen LogP contribution in [0.2, 0.25) is 0 Å². The number of ether oxygens (including phenoxy) is 2. The molecule has 2 heterocycles. The number of aryl methyl sites for hydroxylation is 2. The van der Waals surface area contributed by atoms with E-state index >= 15 is 0 Å². The van der Waals surface area contributed by atoms with Gasteiger partial charge in [-0.15, -0.1) is 10.2 Å². The molecule has 6 aromatic carbocycles. The summed E-state index contributed by atoms with van der Waals surface area (Å²) < 4.78 is 16.2. The monoisotopic (exact) mass is 830 g/mol. The summed E-state index contributed by atoms with van der Waals surface area (Å²) in [6.07, 6.45) is 11.1. The van der Waals surface area contributed by atoms with Crippen molar-refractivity contribution in [1.82, 2.24) is 30.0 Å². The Labute approximate surface area is 366 Å². The van der Waals surface area contributed by atoms with Gasteiger partial charge in [-0.3, -0.25) is 9.59 Å². The van der Waals surface area contributed by atoms with Crippen molar-refractivity contribution in [2.24, 2.45) is 0 Å². The highest BCUT2D eigenvalue weighted by atomic mass is 16.5. The number of nitrogens with zero attached hydrogens (tertiary/aromatic N) is 6. The van der Waals surface area contributed by atoms with Crippen molar-refractivity contribution in [3.05, 3.63) is 237 Å². The maximum absolute atomic E-state index is 13.3. The van der Waals surface area contributed by atoms with Crippen LogP contribution in [0, 0.1) is 13.8 Å². The van der Waals surface area contributed by atoms with Crippen molar-refractivity contribution in [1.29, 1.82) is 0 Å². The first-order valence-electron chi connectivity index (χ1n) is 20.8. The molecule has 0 spiro atoms. The zero-order chi connectivity index (χ0) is 43.4. The molecule has 0 aliphatic heterocycles. The third-order valence-electron chi connectivity index (χ3n) is 10.4. The fraction of sp³-hybridized carbons (Fsp3) is 0.132. The van der Waals surface area contributed by atoms with Crippen molar-refractivity contribution in [3.8, 4) is 11.5 Å². The van der Waals surface area contributed by atoms with E-state index in [4.69, 9.17) is 9.47 Å². The van der Waals surface area contributed by atoms with Gasteiger partial charge in [0.25, 0.3) is 0 Å². The highest BCUT2D eigenvalue weighted by molar-refractivity contribution is 6.07. The van der Waals surface area contributed by atoms with Gasteiger partial charge in [-0.25, -0.2) is 9.36 Å². The molecular weight excluding hydrogens is 785 g/mol. The van der Waals surface area contributed by atoms with Gasteiger partial charge in [-0.2, -0.15) is 0 Å². The topological polar surface area (TPSA) is 114 Å². The number of benzene rings is 6. The number of aromatic nitrogens is 6. The lowest BCUT2D eigenvalue weighted by atomic mass is 9.99. The van der Waals surface area contributed by atoms with Crippen molar-refractivity contribution in [2.75, 3.05) is 0 Å². The van der Waals surface area contributed by atoms with Crippen LogP contribution >= 0.6 is 0 Å². The fourth-order valence-electron chi connectivity index (χ4n) is 6.94. The molecule has 0 bridgehead atoms. The lowest BCUT2D eigenvalue weighted by Gasteiger charge is -2.13. The van der Waals surface area contributed by atoms with Crippen molar-refractivity contribution < 1.29 is 19.1 Å². The largest absolute Gasteiger partial charge is 0.487 e. The molecule has 0 N–H and O–H groups in total. The summed E-state index contributed by atoms with van der Waals surface area (Å²) in [6, 6.07) is 47.1. The predicted molar refractivity (Wildman–Crippen MR) is 245 cm³/mol. The van der Waals surface area contributed by atoms with Crippen molar-refractivity contribution >= 4 is 23.7 Å². The molecule has 63 heavy (non-hydrogen) atoms. The molecule has 0 saturated heterocycles. The van der Waals surface area contributed by atoms with Gasteiger partial charge in [0, 0.05) is 22.3 Å². The van der Waals surface area contributed by atoms with Crippen LogP contribution in [0.5, 0.6) is 11.5 Å². The lowest BCUT2D eigenvalue weighted by molar-refractivity contribution is 0.103. The van der Waals surface area contributed by atoms with Gasteiger partial charge in [-0.1, -0.05) is 143 Å². The molecular formula is C53H46N6O4. The van der Waals surface area contributed by atoms with E-state index in [-0.39, 0.29) is 24.8 Å². The Bertz CT molecular complexity index is 2670. The molecule has 0 fully saturated rings. The molecule has 0 aliphatic rings. The van der Waals surface area contributed by atoms with E-state index in [0.29, 0.717) is 53.5 Å². The van der Waals surface area contributed by atoms with Crippen LogP contribution in [0.3, 0.4) is 0 Å². The van der Waals surface area contributed by atoms with E-state index in [0.717, 1.165) is 44.5 Å². The quantitative estimate of drug-likeness (QED) is 0.0621. The van der Waals surface area contributed by atoms with Gasteiger partial charge < -0.3 is 9.47 Å². The normalized spacial score (nSPS) is 11.3. The summed E-state index contributed by atoms with van der Waals surface area (Å²) >= 11 is 0. The zero-order valence-electron chi connectivity index (χ0n) is 35.2. The molecule has 0 radical (unpaired) electrons. The van der Waals surface area contributed by atoms with E-state index in [1.807, 2.05) is 172 Å². The number of carbonyl (C=O) groups excluding carboxylic acids is 2. The van der Waals surface area contributed by atoms with Crippen LogP contribution in [0.1, 0.15) is 76.6 Å². The van der Waals surface area contributed by atoms with Gasteiger partial charge in [0.15, 0.2) is 11.6 Å². The number of hydrogen-bond donors (Lipinski definition) is 0. The number of ketones is 2. The molecule has 312 valence electrons. The molecule has 10 heteroatoms. The molecule has 0 aliphatic carbocycles. The van der Waals surface area contributed by atoms with Gasteiger partial charge >= 0.3 is 0 Å². The Morgan fingerprint density at radius 3 is 1.33 bits per heavy atom. The molecule has 10 nitrogen and oxygen atoms in total. The second-order valence-corrected chi connectivity index (χ2v) is 15.4. The van der Waals surface area contributed by atoms with Crippen LogP contribution < -0.4 is 9.47 Å². The minimum Gasteiger partial charge on any atom is -0.487 e. The van der Waals surface area contributed by atoms with E-state index in [2.05, 4.69) is 20.6 Å². The average molecular weight is 831 g/mol. The van der Waals surface area contributed by atoms with Crippen LogP contribution in [0.15, 0.2) is 170 Å². The van der Waals surface area contributed by atoms with Gasteiger partial charge in [0.2, 0.25) is 0 Å². The lowest BCUT2D eigenvalue weighted by Crippen LogP contribution is -2.01. The van der Waals surface area contributed by atoms with Crippen LogP contribution in [0.4, 0.5) is 0 Å².